The van der Waals surface area contributed by atoms with E-state index in [4.69, 9.17) is 19.4 Å². The average molecular weight is 436 g/mol. The number of aromatic nitrogens is 3. The molecule has 2 aromatic heterocycles. The number of rotatable bonds is 8. The van der Waals surface area contributed by atoms with E-state index in [1.165, 1.54) is 18.4 Å². The first-order chi connectivity index (χ1) is 15.6. The largest absolute Gasteiger partial charge is 0.495 e. The second-order valence-corrected chi connectivity index (χ2v) is 8.39. The number of nitrogens with one attached hydrogen (secondary N) is 1. The second-order valence-electron chi connectivity index (χ2n) is 8.39. The van der Waals surface area contributed by atoms with Crippen molar-refractivity contribution in [2.24, 2.45) is 0 Å². The van der Waals surface area contributed by atoms with Crippen molar-refractivity contribution in [1.82, 2.24) is 15.0 Å². The molecule has 0 spiro atoms. The van der Waals surface area contributed by atoms with Gasteiger partial charge in [0.05, 0.1) is 31.4 Å². The van der Waals surface area contributed by atoms with Gasteiger partial charge in [-0.3, -0.25) is 0 Å². The third kappa shape index (κ3) is 4.93. The van der Waals surface area contributed by atoms with Crippen molar-refractivity contribution >= 4 is 28.5 Å². The van der Waals surface area contributed by atoms with Crippen molar-refractivity contribution in [1.29, 1.82) is 0 Å². The molecule has 32 heavy (non-hydrogen) atoms. The zero-order valence-electron chi connectivity index (χ0n) is 19.5. The second kappa shape index (κ2) is 10.1. The molecule has 0 bridgehead atoms. The first-order valence-electron chi connectivity index (χ1n) is 11.6. The van der Waals surface area contributed by atoms with Crippen LogP contribution in [0.4, 0.5) is 17.5 Å². The molecule has 7 heteroatoms. The summed E-state index contributed by atoms with van der Waals surface area (Å²) < 4.78 is 11.1. The Labute approximate surface area is 190 Å². The van der Waals surface area contributed by atoms with Crippen LogP contribution in [0.15, 0.2) is 36.5 Å². The van der Waals surface area contributed by atoms with Crippen molar-refractivity contribution in [3.63, 3.8) is 0 Å². The predicted molar refractivity (Wildman–Crippen MR) is 129 cm³/mol. The number of fused-ring (bicyclic) bond motifs is 1. The number of pyridine rings is 1. The van der Waals surface area contributed by atoms with Gasteiger partial charge in [-0.15, -0.1) is 0 Å². The van der Waals surface area contributed by atoms with Crippen LogP contribution in [0.3, 0.4) is 0 Å². The Kier molecular flexibility index (Phi) is 7.05. The molecule has 1 aromatic carbocycles. The maximum absolute atomic E-state index is 5.69. The topological polar surface area (TPSA) is 72.4 Å². The smallest absolute Gasteiger partial charge is 0.229 e. The van der Waals surface area contributed by atoms with E-state index in [1.807, 2.05) is 6.07 Å². The van der Waals surface area contributed by atoms with Crippen molar-refractivity contribution < 1.29 is 9.47 Å². The quantitative estimate of drug-likeness (QED) is 0.515. The van der Waals surface area contributed by atoms with Crippen LogP contribution in [0, 0.1) is 0 Å². The van der Waals surface area contributed by atoms with Gasteiger partial charge in [0.25, 0.3) is 0 Å². The molecule has 0 aliphatic carbocycles. The maximum Gasteiger partial charge on any atom is 0.229 e. The first kappa shape index (κ1) is 22.3. The minimum absolute atomic E-state index is 0.144. The lowest BCUT2D eigenvalue weighted by Crippen LogP contribution is -2.42. The minimum Gasteiger partial charge on any atom is -0.495 e. The van der Waals surface area contributed by atoms with Gasteiger partial charge in [0.2, 0.25) is 5.95 Å². The van der Waals surface area contributed by atoms with Gasteiger partial charge in [0.15, 0.2) is 5.65 Å². The summed E-state index contributed by atoms with van der Waals surface area (Å²) in [6.45, 7) is 8.75. The van der Waals surface area contributed by atoms with Crippen LogP contribution >= 0.6 is 0 Å². The summed E-state index contributed by atoms with van der Waals surface area (Å²) in [5.41, 5.74) is 3.02. The third-order valence-electron chi connectivity index (χ3n) is 6.05. The van der Waals surface area contributed by atoms with Crippen molar-refractivity contribution in [2.45, 2.75) is 52.1 Å². The number of hydrogen-bond donors (Lipinski definition) is 1. The fourth-order valence-electron chi connectivity index (χ4n) is 4.26. The van der Waals surface area contributed by atoms with Crippen LogP contribution < -0.4 is 15.0 Å². The summed E-state index contributed by atoms with van der Waals surface area (Å²) in [7, 11) is 1.64. The number of nitrogens with zero attached hydrogens (tertiary/aromatic N) is 4. The predicted octanol–water partition coefficient (Wildman–Crippen LogP) is 5.30. The molecule has 1 saturated heterocycles. The molecule has 4 rings (SSSR count). The Morgan fingerprint density at radius 3 is 2.72 bits per heavy atom. The first-order valence-corrected chi connectivity index (χ1v) is 11.6. The van der Waals surface area contributed by atoms with Crippen molar-refractivity contribution in [3.05, 3.63) is 42.1 Å². The summed E-state index contributed by atoms with van der Waals surface area (Å²) in [4.78, 5) is 16.3. The summed E-state index contributed by atoms with van der Waals surface area (Å²) in [5, 5.41) is 4.33. The SMILES string of the molecule is CCCC(CC)c1ccc(Nc2nc(N3CCOC(C)C3)nc3ncc(OC)cc23)cc1. The monoisotopic (exact) mass is 435 g/mol. The Morgan fingerprint density at radius 1 is 1.22 bits per heavy atom. The van der Waals surface area contributed by atoms with Crippen LogP contribution in [-0.2, 0) is 4.74 Å². The van der Waals surface area contributed by atoms with Gasteiger partial charge < -0.3 is 19.7 Å². The number of morpholine rings is 1. The van der Waals surface area contributed by atoms with E-state index in [2.05, 4.69) is 60.2 Å². The minimum atomic E-state index is 0.144. The lowest BCUT2D eigenvalue weighted by Gasteiger charge is -2.31. The third-order valence-corrected chi connectivity index (χ3v) is 6.05. The number of benzene rings is 1. The van der Waals surface area contributed by atoms with Crippen LogP contribution in [-0.4, -0.2) is 47.9 Å². The van der Waals surface area contributed by atoms with Crippen molar-refractivity contribution in [2.75, 3.05) is 37.0 Å². The highest BCUT2D eigenvalue weighted by molar-refractivity contribution is 5.90. The molecule has 3 heterocycles. The molecular formula is C25H33N5O2. The molecule has 0 radical (unpaired) electrons. The van der Waals surface area contributed by atoms with Gasteiger partial charge in [-0.25, -0.2) is 4.98 Å². The highest BCUT2D eigenvalue weighted by Crippen LogP contribution is 2.30. The number of methoxy groups -OCH3 is 1. The van der Waals surface area contributed by atoms with Crippen LogP contribution in [0.25, 0.3) is 11.0 Å². The van der Waals surface area contributed by atoms with Crippen LogP contribution in [0.2, 0.25) is 0 Å². The standard InChI is InChI=1S/C25H33N5O2/c1-5-7-18(6-2)19-8-10-20(11-9-19)27-24-22-14-21(31-4)15-26-23(22)28-25(29-24)30-12-13-32-17(3)16-30/h8-11,14-15,17-18H,5-7,12-13,16H2,1-4H3,(H,26,27,28,29). The van der Waals surface area contributed by atoms with Gasteiger partial charge in [-0.05, 0) is 49.4 Å². The van der Waals surface area contributed by atoms with Crippen molar-refractivity contribution in [3.8, 4) is 5.75 Å². The lowest BCUT2D eigenvalue weighted by molar-refractivity contribution is 0.0526. The number of hydrogen-bond acceptors (Lipinski definition) is 7. The molecular weight excluding hydrogens is 402 g/mol. The molecule has 1 fully saturated rings. The van der Waals surface area contributed by atoms with Gasteiger partial charge in [0, 0.05) is 18.8 Å². The van der Waals surface area contributed by atoms with E-state index in [1.54, 1.807) is 13.3 Å². The van der Waals surface area contributed by atoms with E-state index >= 15 is 0 Å². The van der Waals surface area contributed by atoms with Crippen LogP contribution in [0.5, 0.6) is 5.75 Å². The van der Waals surface area contributed by atoms with Gasteiger partial charge in [-0.2, -0.15) is 9.97 Å². The van der Waals surface area contributed by atoms with E-state index < -0.39 is 0 Å². The van der Waals surface area contributed by atoms with E-state index in [9.17, 15) is 0 Å². The zero-order valence-corrected chi connectivity index (χ0v) is 19.5. The van der Waals surface area contributed by atoms with Crippen LogP contribution in [0.1, 0.15) is 51.5 Å². The molecule has 0 saturated carbocycles. The molecule has 2 unspecified atom stereocenters. The Bertz CT molecular complexity index is 1040. The Morgan fingerprint density at radius 2 is 2.03 bits per heavy atom. The van der Waals surface area contributed by atoms with Gasteiger partial charge in [-0.1, -0.05) is 32.4 Å². The molecule has 7 nitrogen and oxygen atoms in total. The molecule has 1 N–H and O–H groups in total. The zero-order chi connectivity index (χ0) is 22.5. The summed E-state index contributed by atoms with van der Waals surface area (Å²) in [6, 6.07) is 10.6. The Hall–Kier alpha value is -2.93. The summed E-state index contributed by atoms with van der Waals surface area (Å²) >= 11 is 0. The van der Waals surface area contributed by atoms with Gasteiger partial charge >= 0.3 is 0 Å². The highest BCUT2D eigenvalue weighted by atomic mass is 16.5. The average Bonchev–Trinajstić information content (AvgIpc) is 2.82. The normalized spacial score (nSPS) is 17.4. The highest BCUT2D eigenvalue weighted by Gasteiger charge is 2.21. The number of anilines is 3. The van der Waals surface area contributed by atoms with E-state index in [-0.39, 0.29) is 6.10 Å². The lowest BCUT2D eigenvalue weighted by atomic mass is 9.92. The molecule has 170 valence electrons. The molecule has 0 amide bonds. The fourth-order valence-corrected chi connectivity index (χ4v) is 4.26. The van der Waals surface area contributed by atoms with E-state index in [0.717, 1.165) is 36.4 Å². The maximum atomic E-state index is 5.69. The summed E-state index contributed by atoms with van der Waals surface area (Å²) in [6.07, 6.45) is 5.41. The van der Waals surface area contributed by atoms with E-state index in [0.29, 0.717) is 29.9 Å². The fraction of sp³-hybridized carbons (Fsp3) is 0.480. The molecule has 2 atom stereocenters. The molecule has 1 aliphatic heterocycles. The number of ether oxygens (including phenoxy) is 2. The molecule has 1 aliphatic rings. The van der Waals surface area contributed by atoms with Gasteiger partial charge in [0.1, 0.15) is 11.6 Å². The summed E-state index contributed by atoms with van der Waals surface area (Å²) in [5.74, 6) is 2.68. The molecule has 3 aromatic rings. The Balaban J connectivity index is 1.68.